The molecule has 0 aliphatic rings. The number of aromatic carboxylic acids is 1. The summed E-state index contributed by atoms with van der Waals surface area (Å²) in [6.07, 6.45) is 4.74. The van der Waals surface area contributed by atoms with E-state index in [1.54, 1.807) is 6.20 Å². The van der Waals surface area contributed by atoms with Gasteiger partial charge in [-0.3, -0.25) is 0 Å². The van der Waals surface area contributed by atoms with E-state index in [-0.39, 0.29) is 12.2 Å². The maximum absolute atomic E-state index is 10.8. The molecule has 82 valence electrons. The Kier molecular flexibility index (Phi) is 4.24. The van der Waals surface area contributed by atoms with Gasteiger partial charge in [-0.2, -0.15) is 0 Å². The Morgan fingerprint density at radius 2 is 2.33 bits per heavy atom. The average Bonchev–Trinajstić information content (AvgIpc) is 2.25. The summed E-state index contributed by atoms with van der Waals surface area (Å²) in [7, 11) is 0. The third kappa shape index (κ3) is 3.02. The van der Waals surface area contributed by atoms with Crippen LogP contribution in [0.25, 0.3) is 0 Å². The van der Waals surface area contributed by atoms with Crippen molar-refractivity contribution >= 4 is 5.97 Å². The van der Waals surface area contributed by atoms with Crippen molar-refractivity contribution in [2.75, 3.05) is 0 Å². The second-order valence-electron chi connectivity index (χ2n) is 3.46. The normalized spacial score (nSPS) is 10.3. The van der Waals surface area contributed by atoms with E-state index in [1.165, 1.54) is 0 Å². The van der Waals surface area contributed by atoms with E-state index in [1.807, 2.05) is 6.07 Å². The number of rotatable bonds is 5. The van der Waals surface area contributed by atoms with E-state index in [4.69, 9.17) is 10.8 Å². The van der Waals surface area contributed by atoms with Gasteiger partial charge >= 0.3 is 5.97 Å². The van der Waals surface area contributed by atoms with Gasteiger partial charge < -0.3 is 10.8 Å². The maximum atomic E-state index is 10.8. The van der Waals surface area contributed by atoms with Crippen molar-refractivity contribution < 1.29 is 9.90 Å². The van der Waals surface area contributed by atoms with Crippen LogP contribution in [0.1, 0.15) is 41.4 Å². The van der Waals surface area contributed by atoms with Crippen molar-refractivity contribution in [2.24, 2.45) is 5.73 Å². The highest BCUT2D eigenvalue weighted by molar-refractivity contribution is 5.87. The van der Waals surface area contributed by atoms with E-state index in [9.17, 15) is 4.79 Å². The van der Waals surface area contributed by atoms with Gasteiger partial charge in [0.25, 0.3) is 0 Å². The summed E-state index contributed by atoms with van der Waals surface area (Å²) in [5.74, 6) is -1.02. The van der Waals surface area contributed by atoms with E-state index < -0.39 is 5.97 Å². The first-order valence-corrected chi connectivity index (χ1v) is 5.10. The molecule has 4 nitrogen and oxygen atoms in total. The molecule has 1 heterocycles. The van der Waals surface area contributed by atoms with Crippen molar-refractivity contribution in [2.45, 2.75) is 32.7 Å². The van der Waals surface area contributed by atoms with Gasteiger partial charge in [0.05, 0.1) is 0 Å². The van der Waals surface area contributed by atoms with Gasteiger partial charge in [-0.1, -0.05) is 19.4 Å². The molecule has 1 aromatic heterocycles. The van der Waals surface area contributed by atoms with Crippen LogP contribution in [0.3, 0.4) is 0 Å². The van der Waals surface area contributed by atoms with E-state index in [0.717, 1.165) is 24.8 Å². The Hall–Kier alpha value is -1.42. The van der Waals surface area contributed by atoms with Gasteiger partial charge in [0.1, 0.15) is 0 Å². The van der Waals surface area contributed by atoms with Crippen molar-refractivity contribution in [1.29, 1.82) is 0 Å². The van der Waals surface area contributed by atoms with Gasteiger partial charge in [0, 0.05) is 12.7 Å². The molecule has 1 aromatic rings. The van der Waals surface area contributed by atoms with Crippen LogP contribution < -0.4 is 5.73 Å². The fourth-order valence-electron chi connectivity index (χ4n) is 1.43. The summed E-state index contributed by atoms with van der Waals surface area (Å²) in [4.78, 5) is 14.7. The number of carboxylic acids is 1. The molecule has 3 N–H and O–H groups in total. The molecule has 1 rings (SSSR count). The lowest BCUT2D eigenvalue weighted by Gasteiger charge is -2.05. The molecule has 0 fully saturated rings. The fraction of sp³-hybridized carbons (Fsp3) is 0.455. The Labute approximate surface area is 89.1 Å². The van der Waals surface area contributed by atoms with Crippen LogP contribution in [0.15, 0.2) is 12.3 Å². The Morgan fingerprint density at radius 1 is 1.60 bits per heavy atom. The quantitative estimate of drug-likeness (QED) is 0.770. The van der Waals surface area contributed by atoms with Gasteiger partial charge in [-0.25, -0.2) is 9.78 Å². The molecule has 0 radical (unpaired) electrons. The van der Waals surface area contributed by atoms with E-state index >= 15 is 0 Å². The number of pyridine rings is 1. The monoisotopic (exact) mass is 208 g/mol. The molecule has 0 unspecified atom stereocenters. The summed E-state index contributed by atoms with van der Waals surface area (Å²) >= 11 is 0. The second-order valence-corrected chi connectivity index (χ2v) is 3.46. The minimum atomic E-state index is -1.02. The van der Waals surface area contributed by atoms with Gasteiger partial charge in [0.2, 0.25) is 0 Å². The number of nitrogens with two attached hydrogens (primary N) is 1. The highest BCUT2D eigenvalue weighted by Crippen LogP contribution is 2.11. The first-order chi connectivity index (χ1) is 7.19. The number of unbranched alkanes of at least 4 members (excludes halogenated alkanes) is 1. The molecule has 4 heteroatoms. The molecular formula is C11H16N2O2. The van der Waals surface area contributed by atoms with Crippen molar-refractivity contribution in [1.82, 2.24) is 4.98 Å². The molecule has 0 aliphatic heterocycles. The number of hydrogen-bond acceptors (Lipinski definition) is 3. The summed E-state index contributed by atoms with van der Waals surface area (Å²) in [6.45, 7) is 2.33. The molecule has 0 saturated carbocycles. The molecule has 15 heavy (non-hydrogen) atoms. The minimum Gasteiger partial charge on any atom is -0.477 e. The van der Waals surface area contributed by atoms with Gasteiger partial charge in [-0.05, 0) is 24.0 Å². The van der Waals surface area contributed by atoms with E-state index in [2.05, 4.69) is 11.9 Å². The Morgan fingerprint density at radius 3 is 2.87 bits per heavy atom. The van der Waals surface area contributed by atoms with Crippen LogP contribution in [-0.4, -0.2) is 16.1 Å². The molecule has 0 spiro atoms. The van der Waals surface area contributed by atoms with Crippen molar-refractivity contribution in [3.05, 3.63) is 29.1 Å². The van der Waals surface area contributed by atoms with Crippen LogP contribution in [-0.2, 0) is 13.0 Å². The molecule has 0 aromatic carbocycles. The highest BCUT2D eigenvalue weighted by Gasteiger charge is 2.10. The average molecular weight is 208 g/mol. The summed E-state index contributed by atoms with van der Waals surface area (Å²) in [5, 5.41) is 8.85. The minimum absolute atomic E-state index is 0.0674. The largest absolute Gasteiger partial charge is 0.477 e. The number of aromatic nitrogens is 1. The summed E-state index contributed by atoms with van der Waals surface area (Å²) in [5.41, 5.74) is 7.22. The molecular weight excluding hydrogens is 192 g/mol. The summed E-state index contributed by atoms with van der Waals surface area (Å²) in [6, 6.07) is 1.84. The first-order valence-electron chi connectivity index (χ1n) is 5.10. The Bertz CT molecular complexity index is 350. The third-order valence-corrected chi connectivity index (χ3v) is 2.26. The lowest BCUT2D eigenvalue weighted by molar-refractivity contribution is 0.0689. The number of aryl methyl sites for hydroxylation is 1. The zero-order chi connectivity index (χ0) is 11.3. The highest BCUT2D eigenvalue weighted by atomic mass is 16.4. The molecule has 0 saturated heterocycles. The smallest absolute Gasteiger partial charge is 0.354 e. The molecule has 0 amide bonds. The second kappa shape index (κ2) is 5.46. The molecule has 0 atom stereocenters. The number of nitrogens with zero attached hydrogens (tertiary/aromatic N) is 1. The fourth-order valence-corrected chi connectivity index (χ4v) is 1.43. The summed E-state index contributed by atoms with van der Waals surface area (Å²) < 4.78 is 0. The molecule has 0 aliphatic carbocycles. The standard InChI is InChI=1S/C11H16N2O2/c1-2-3-4-8-5-9(6-12)10(11(14)15)13-7-8/h5,7H,2-4,6,12H2,1H3,(H,14,15). The van der Waals surface area contributed by atoms with E-state index in [0.29, 0.717) is 5.56 Å². The number of hydrogen-bond donors (Lipinski definition) is 2. The Balaban J connectivity index is 2.92. The van der Waals surface area contributed by atoms with Crippen LogP contribution in [0, 0.1) is 0 Å². The first kappa shape index (κ1) is 11.7. The van der Waals surface area contributed by atoms with Crippen molar-refractivity contribution in [3.63, 3.8) is 0 Å². The zero-order valence-corrected chi connectivity index (χ0v) is 8.86. The van der Waals surface area contributed by atoms with Crippen molar-refractivity contribution in [3.8, 4) is 0 Å². The molecule has 0 bridgehead atoms. The lowest BCUT2D eigenvalue weighted by Crippen LogP contribution is -2.10. The van der Waals surface area contributed by atoms with Gasteiger partial charge in [0.15, 0.2) is 5.69 Å². The number of carboxylic acid groups (broad SMARTS) is 1. The zero-order valence-electron chi connectivity index (χ0n) is 8.86. The van der Waals surface area contributed by atoms with Crippen LogP contribution in [0.2, 0.25) is 0 Å². The number of carbonyl (C=O) groups is 1. The predicted molar refractivity (Wildman–Crippen MR) is 57.7 cm³/mol. The maximum Gasteiger partial charge on any atom is 0.354 e. The van der Waals surface area contributed by atoms with Crippen LogP contribution in [0.4, 0.5) is 0 Å². The lowest BCUT2D eigenvalue weighted by atomic mass is 10.1. The third-order valence-electron chi connectivity index (χ3n) is 2.26. The topological polar surface area (TPSA) is 76.2 Å². The predicted octanol–water partition coefficient (Wildman–Crippen LogP) is 1.58. The van der Waals surface area contributed by atoms with Crippen LogP contribution in [0.5, 0.6) is 0 Å². The van der Waals surface area contributed by atoms with Crippen LogP contribution >= 0.6 is 0 Å². The van der Waals surface area contributed by atoms with Gasteiger partial charge in [-0.15, -0.1) is 0 Å². The SMILES string of the molecule is CCCCc1cnc(C(=O)O)c(CN)c1.